The lowest BCUT2D eigenvalue weighted by Gasteiger charge is -2.13. The monoisotopic (exact) mass is 325 g/mol. The molecular formula is C14H16BrNO3. The van der Waals surface area contributed by atoms with Crippen molar-refractivity contribution in [2.24, 2.45) is 0 Å². The van der Waals surface area contributed by atoms with Crippen LogP contribution in [-0.2, 0) is 16.1 Å². The third-order valence-corrected chi connectivity index (χ3v) is 3.94. The third kappa shape index (κ3) is 3.28. The molecule has 0 bridgehead atoms. The summed E-state index contributed by atoms with van der Waals surface area (Å²) in [5, 5.41) is 3.46. The molecule has 0 radical (unpaired) electrons. The van der Waals surface area contributed by atoms with Crippen LogP contribution in [0, 0.1) is 0 Å². The molecule has 1 saturated heterocycles. The van der Waals surface area contributed by atoms with Crippen LogP contribution in [0.1, 0.15) is 24.8 Å². The molecule has 1 atom stereocenters. The summed E-state index contributed by atoms with van der Waals surface area (Å²) < 4.78 is 11.4. The van der Waals surface area contributed by atoms with E-state index in [1.165, 1.54) is 18.4 Å². The fourth-order valence-corrected chi connectivity index (χ4v) is 2.56. The van der Waals surface area contributed by atoms with Gasteiger partial charge in [0.1, 0.15) is 5.75 Å². The SMILES string of the molecule is O=C1OCCC1Oc1ccc(CNC2CC2)cc1Br. The summed E-state index contributed by atoms with van der Waals surface area (Å²) in [5.41, 5.74) is 1.21. The third-order valence-electron chi connectivity index (χ3n) is 3.32. The fraction of sp³-hybridized carbons (Fsp3) is 0.500. The number of carbonyl (C=O) groups is 1. The maximum absolute atomic E-state index is 11.4. The maximum Gasteiger partial charge on any atom is 0.347 e. The Labute approximate surface area is 120 Å². The molecule has 3 rings (SSSR count). The lowest BCUT2D eigenvalue weighted by Crippen LogP contribution is -2.22. The second-order valence-electron chi connectivity index (χ2n) is 4.98. The number of benzene rings is 1. The first-order valence-corrected chi connectivity index (χ1v) is 7.37. The Kier molecular flexibility index (Phi) is 3.75. The molecule has 2 fully saturated rings. The van der Waals surface area contributed by atoms with E-state index in [0.29, 0.717) is 24.8 Å². The molecule has 1 aliphatic carbocycles. The smallest absolute Gasteiger partial charge is 0.347 e. The fourth-order valence-electron chi connectivity index (χ4n) is 2.04. The summed E-state index contributed by atoms with van der Waals surface area (Å²) in [5.74, 6) is 0.422. The average molecular weight is 326 g/mol. The molecule has 4 nitrogen and oxygen atoms in total. The standard InChI is InChI=1S/C14H16BrNO3/c15-11-7-9(8-16-10-2-3-10)1-4-12(11)19-13-5-6-18-14(13)17/h1,4,7,10,13,16H,2-3,5-6,8H2. The molecule has 1 aromatic rings. The Balaban J connectivity index is 1.63. The number of halogens is 1. The van der Waals surface area contributed by atoms with Gasteiger partial charge in [-0.25, -0.2) is 4.79 Å². The Hall–Kier alpha value is -1.07. The Bertz CT molecular complexity index is 488. The van der Waals surface area contributed by atoms with Crippen LogP contribution < -0.4 is 10.1 Å². The molecule has 1 saturated carbocycles. The van der Waals surface area contributed by atoms with Gasteiger partial charge in [0.05, 0.1) is 11.1 Å². The highest BCUT2D eigenvalue weighted by Gasteiger charge is 2.29. The Morgan fingerprint density at radius 3 is 2.84 bits per heavy atom. The Morgan fingerprint density at radius 2 is 2.21 bits per heavy atom. The van der Waals surface area contributed by atoms with Crippen molar-refractivity contribution in [2.75, 3.05) is 6.61 Å². The van der Waals surface area contributed by atoms with Crippen LogP contribution in [0.2, 0.25) is 0 Å². The number of cyclic esters (lactones) is 1. The van der Waals surface area contributed by atoms with Gasteiger partial charge < -0.3 is 14.8 Å². The quantitative estimate of drug-likeness (QED) is 0.844. The highest BCUT2D eigenvalue weighted by molar-refractivity contribution is 9.10. The molecule has 5 heteroatoms. The predicted molar refractivity (Wildman–Crippen MR) is 74.0 cm³/mol. The van der Waals surface area contributed by atoms with Gasteiger partial charge in [-0.05, 0) is 46.5 Å². The van der Waals surface area contributed by atoms with Crippen molar-refractivity contribution >= 4 is 21.9 Å². The molecule has 19 heavy (non-hydrogen) atoms. The first-order chi connectivity index (χ1) is 9.22. The van der Waals surface area contributed by atoms with Crippen LogP contribution >= 0.6 is 15.9 Å². The van der Waals surface area contributed by atoms with E-state index in [4.69, 9.17) is 9.47 Å². The summed E-state index contributed by atoms with van der Waals surface area (Å²) in [6.45, 7) is 1.32. The van der Waals surface area contributed by atoms with Crippen molar-refractivity contribution in [3.05, 3.63) is 28.2 Å². The minimum Gasteiger partial charge on any atom is -0.477 e. The summed E-state index contributed by atoms with van der Waals surface area (Å²) in [7, 11) is 0. The molecule has 1 N–H and O–H groups in total. The average Bonchev–Trinajstić information content (AvgIpc) is 3.14. The topological polar surface area (TPSA) is 47.6 Å². The van der Waals surface area contributed by atoms with E-state index in [2.05, 4.69) is 21.2 Å². The van der Waals surface area contributed by atoms with Gasteiger partial charge in [-0.2, -0.15) is 0 Å². The minimum absolute atomic E-state index is 0.272. The van der Waals surface area contributed by atoms with E-state index in [1.54, 1.807) is 0 Å². The predicted octanol–water partition coefficient (Wildman–Crippen LogP) is 2.40. The first-order valence-electron chi connectivity index (χ1n) is 6.57. The van der Waals surface area contributed by atoms with Crippen LogP contribution in [0.3, 0.4) is 0 Å². The van der Waals surface area contributed by atoms with Gasteiger partial charge in [-0.1, -0.05) is 6.07 Å². The van der Waals surface area contributed by atoms with Crippen LogP contribution in [0.15, 0.2) is 22.7 Å². The highest BCUT2D eigenvalue weighted by atomic mass is 79.9. The molecule has 1 heterocycles. The van der Waals surface area contributed by atoms with Crippen molar-refractivity contribution in [1.29, 1.82) is 0 Å². The summed E-state index contributed by atoms with van der Waals surface area (Å²) in [4.78, 5) is 11.4. The van der Waals surface area contributed by atoms with Crippen molar-refractivity contribution in [2.45, 2.75) is 38.0 Å². The van der Waals surface area contributed by atoms with Gasteiger partial charge in [-0.15, -0.1) is 0 Å². The van der Waals surface area contributed by atoms with Gasteiger partial charge in [0.15, 0.2) is 6.10 Å². The molecule has 0 amide bonds. The number of ether oxygens (including phenoxy) is 2. The van der Waals surface area contributed by atoms with Gasteiger partial charge in [0, 0.05) is 19.0 Å². The summed E-state index contributed by atoms with van der Waals surface area (Å²) in [6, 6.07) is 6.66. The maximum atomic E-state index is 11.4. The summed E-state index contributed by atoms with van der Waals surface area (Å²) in [6.07, 6.45) is 2.72. The molecule has 102 valence electrons. The number of hydrogen-bond acceptors (Lipinski definition) is 4. The van der Waals surface area contributed by atoms with Crippen molar-refractivity contribution in [3.8, 4) is 5.75 Å². The lowest BCUT2D eigenvalue weighted by atomic mass is 10.2. The zero-order valence-corrected chi connectivity index (χ0v) is 12.1. The van der Waals surface area contributed by atoms with Gasteiger partial charge in [-0.3, -0.25) is 0 Å². The van der Waals surface area contributed by atoms with Gasteiger partial charge in [0.2, 0.25) is 0 Å². The van der Waals surface area contributed by atoms with Crippen molar-refractivity contribution in [1.82, 2.24) is 5.32 Å². The van der Waals surface area contributed by atoms with Gasteiger partial charge in [0.25, 0.3) is 0 Å². The number of carbonyl (C=O) groups excluding carboxylic acids is 1. The van der Waals surface area contributed by atoms with E-state index in [-0.39, 0.29) is 5.97 Å². The number of nitrogens with one attached hydrogen (secondary N) is 1. The second-order valence-corrected chi connectivity index (χ2v) is 5.84. The molecule has 0 aromatic heterocycles. The summed E-state index contributed by atoms with van der Waals surface area (Å²) >= 11 is 3.49. The molecule has 1 aliphatic heterocycles. The van der Waals surface area contributed by atoms with Crippen LogP contribution in [0.5, 0.6) is 5.75 Å². The van der Waals surface area contributed by atoms with E-state index < -0.39 is 6.10 Å². The van der Waals surface area contributed by atoms with Crippen LogP contribution in [-0.4, -0.2) is 24.7 Å². The molecule has 1 unspecified atom stereocenters. The first kappa shape index (κ1) is 12.9. The van der Waals surface area contributed by atoms with Crippen LogP contribution in [0.4, 0.5) is 0 Å². The van der Waals surface area contributed by atoms with E-state index in [1.807, 2.05) is 18.2 Å². The zero-order chi connectivity index (χ0) is 13.2. The van der Waals surface area contributed by atoms with E-state index in [9.17, 15) is 4.79 Å². The van der Waals surface area contributed by atoms with Gasteiger partial charge >= 0.3 is 5.97 Å². The van der Waals surface area contributed by atoms with E-state index >= 15 is 0 Å². The molecule has 2 aliphatic rings. The number of rotatable bonds is 5. The number of esters is 1. The van der Waals surface area contributed by atoms with E-state index in [0.717, 1.165) is 11.0 Å². The van der Waals surface area contributed by atoms with Crippen molar-refractivity contribution < 1.29 is 14.3 Å². The molecular weight excluding hydrogens is 310 g/mol. The zero-order valence-electron chi connectivity index (χ0n) is 10.5. The Morgan fingerprint density at radius 1 is 1.37 bits per heavy atom. The highest BCUT2D eigenvalue weighted by Crippen LogP contribution is 2.29. The molecule has 0 spiro atoms. The lowest BCUT2D eigenvalue weighted by molar-refractivity contribution is -0.143. The number of hydrogen-bond donors (Lipinski definition) is 1. The molecule has 1 aromatic carbocycles. The van der Waals surface area contributed by atoms with Crippen molar-refractivity contribution in [3.63, 3.8) is 0 Å². The minimum atomic E-state index is -0.466. The normalized spacial score (nSPS) is 22.4. The second kappa shape index (κ2) is 5.51. The largest absolute Gasteiger partial charge is 0.477 e. The van der Waals surface area contributed by atoms with Crippen LogP contribution in [0.25, 0.3) is 0 Å².